The molecule has 110 valence electrons. The fourth-order valence-electron chi connectivity index (χ4n) is 3.40. The van der Waals surface area contributed by atoms with Crippen molar-refractivity contribution in [2.24, 2.45) is 0 Å². The Hall–Kier alpha value is -2.42. The van der Waals surface area contributed by atoms with Gasteiger partial charge in [-0.2, -0.15) is 4.58 Å². The van der Waals surface area contributed by atoms with Crippen molar-refractivity contribution in [2.75, 3.05) is 0 Å². The van der Waals surface area contributed by atoms with Crippen LogP contribution in [0.5, 0.6) is 0 Å². The van der Waals surface area contributed by atoms with Gasteiger partial charge in [0.15, 0.2) is 5.52 Å². The summed E-state index contributed by atoms with van der Waals surface area (Å²) >= 11 is 0. The maximum absolute atomic E-state index is 4.91. The minimum atomic E-state index is -0.0896. The molecule has 0 N–H and O–H groups in total. The summed E-state index contributed by atoms with van der Waals surface area (Å²) < 4.78 is 4.65. The lowest BCUT2D eigenvalue weighted by atomic mass is 9.99. The van der Waals surface area contributed by atoms with E-state index >= 15 is 0 Å². The van der Waals surface area contributed by atoms with Gasteiger partial charge in [-0.3, -0.25) is 0 Å². The van der Waals surface area contributed by atoms with Crippen molar-refractivity contribution in [1.82, 2.24) is 14.1 Å². The third-order valence-corrected chi connectivity index (χ3v) is 4.88. The standard InChI is InChI=1S/C19H20N3/c1-13-9-5-7-11-16(13)21-14(2)19(3,4)22-17-12-8-6-10-15(17)20-18(21)22/h5-12H,1-4H3/q+1. The van der Waals surface area contributed by atoms with E-state index in [1.54, 1.807) is 0 Å². The van der Waals surface area contributed by atoms with Gasteiger partial charge in [0.25, 0.3) is 0 Å². The Morgan fingerprint density at radius 3 is 2.41 bits per heavy atom. The Morgan fingerprint density at radius 1 is 0.955 bits per heavy atom. The molecule has 0 spiro atoms. The molecule has 22 heavy (non-hydrogen) atoms. The fourth-order valence-corrected chi connectivity index (χ4v) is 3.40. The lowest BCUT2D eigenvalue weighted by Gasteiger charge is -2.17. The van der Waals surface area contributed by atoms with E-state index in [-0.39, 0.29) is 5.54 Å². The SMILES string of the molecule is CC1=[N+](c2ccccc2C)c2nc3ccccc3n2C1(C)C. The van der Waals surface area contributed by atoms with Crippen molar-refractivity contribution in [2.45, 2.75) is 33.2 Å². The number of hydrogen-bond acceptors (Lipinski definition) is 1. The molecular formula is C19H20N3+. The van der Waals surface area contributed by atoms with Gasteiger partial charge in [0, 0.05) is 0 Å². The van der Waals surface area contributed by atoms with E-state index < -0.39 is 0 Å². The van der Waals surface area contributed by atoms with Crippen LogP contribution < -0.4 is 4.58 Å². The summed E-state index contributed by atoms with van der Waals surface area (Å²) in [4.78, 5) is 4.91. The first-order chi connectivity index (χ1) is 10.5. The number of aryl methyl sites for hydroxylation is 1. The van der Waals surface area contributed by atoms with E-state index in [0.717, 1.165) is 11.5 Å². The molecule has 0 amide bonds. The van der Waals surface area contributed by atoms with Crippen molar-refractivity contribution in [3.63, 3.8) is 0 Å². The molecule has 0 saturated carbocycles. The van der Waals surface area contributed by atoms with Gasteiger partial charge in [-0.25, -0.2) is 4.57 Å². The van der Waals surface area contributed by atoms with Gasteiger partial charge in [0.1, 0.15) is 16.7 Å². The van der Waals surface area contributed by atoms with Crippen LogP contribution in [0.4, 0.5) is 11.6 Å². The zero-order valence-corrected chi connectivity index (χ0v) is 13.5. The average Bonchev–Trinajstić information content (AvgIpc) is 2.96. The van der Waals surface area contributed by atoms with E-state index in [9.17, 15) is 0 Å². The second-order valence-corrected chi connectivity index (χ2v) is 6.50. The van der Waals surface area contributed by atoms with Crippen LogP contribution in [0, 0.1) is 6.92 Å². The van der Waals surface area contributed by atoms with Crippen molar-refractivity contribution >= 4 is 28.4 Å². The smallest absolute Gasteiger partial charge is 0.213 e. The number of hydrogen-bond donors (Lipinski definition) is 0. The highest BCUT2D eigenvalue weighted by Crippen LogP contribution is 2.39. The van der Waals surface area contributed by atoms with E-state index in [1.165, 1.54) is 22.5 Å². The maximum atomic E-state index is 4.91. The second-order valence-electron chi connectivity index (χ2n) is 6.50. The highest BCUT2D eigenvalue weighted by molar-refractivity contribution is 5.99. The van der Waals surface area contributed by atoms with Gasteiger partial charge in [-0.05, 0) is 51.5 Å². The van der Waals surface area contributed by atoms with Gasteiger partial charge < -0.3 is 0 Å². The Kier molecular flexibility index (Phi) is 2.59. The van der Waals surface area contributed by atoms with Gasteiger partial charge in [-0.1, -0.05) is 35.3 Å². The molecule has 2 heterocycles. The van der Waals surface area contributed by atoms with E-state index in [1.807, 2.05) is 6.07 Å². The first kappa shape index (κ1) is 13.3. The van der Waals surface area contributed by atoms with Crippen LogP contribution in [0.15, 0.2) is 48.5 Å². The number of nitrogens with zero attached hydrogens (tertiary/aromatic N) is 3. The first-order valence-corrected chi connectivity index (χ1v) is 7.69. The minimum Gasteiger partial charge on any atom is -0.213 e. The molecule has 0 radical (unpaired) electrons. The minimum absolute atomic E-state index is 0.0896. The Balaban J connectivity index is 2.10. The van der Waals surface area contributed by atoms with Gasteiger partial charge >= 0.3 is 5.95 Å². The molecule has 1 aliphatic heterocycles. The fraction of sp³-hybridized carbons (Fsp3) is 0.263. The summed E-state index contributed by atoms with van der Waals surface area (Å²) in [5, 5.41) is 0. The summed E-state index contributed by atoms with van der Waals surface area (Å²) in [6, 6.07) is 16.9. The summed E-state index contributed by atoms with van der Waals surface area (Å²) in [5.74, 6) is 1.01. The molecule has 0 fully saturated rings. The van der Waals surface area contributed by atoms with Crippen LogP contribution in [0.1, 0.15) is 26.3 Å². The quantitative estimate of drug-likeness (QED) is 0.609. The Morgan fingerprint density at radius 2 is 1.64 bits per heavy atom. The summed E-state index contributed by atoms with van der Waals surface area (Å²) in [6.07, 6.45) is 0. The highest BCUT2D eigenvalue weighted by atomic mass is 15.3. The Labute approximate surface area is 130 Å². The monoisotopic (exact) mass is 290 g/mol. The number of para-hydroxylation sites is 3. The zero-order chi connectivity index (χ0) is 15.5. The summed E-state index contributed by atoms with van der Waals surface area (Å²) in [5.41, 5.74) is 5.93. The zero-order valence-electron chi connectivity index (χ0n) is 13.5. The molecule has 1 aromatic heterocycles. The lowest BCUT2D eigenvalue weighted by Crippen LogP contribution is -2.31. The molecule has 2 aromatic carbocycles. The largest absolute Gasteiger partial charge is 0.405 e. The van der Waals surface area contributed by atoms with Crippen molar-refractivity contribution in [3.05, 3.63) is 54.1 Å². The molecular weight excluding hydrogens is 270 g/mol. The van der Waals surface area contributed by atoms with Gasteiger partial charge in [0.2, 0.25) is 0 Å². The lowest BCUT2D eigenvalue weighted by molar-refractivity contribution is 0.528. The average molecular weight is 290 g/mol. The van der Waals surface area contributed by atoms with Crippen molar-refractivity contribution in [1.29, 1.82) is 0 Å². The number of benzene rings is 2. The van der Waals surface area contributed by atoms with Crippen LogP contribution in [-0.2, 0) is 5.54 Å². The van der Waals surface area contributed by atoms with Gasteiger partial charge in [-0.15, -0.1) is 0 Å². The molecule has 0 unspecified atom stereocenters. The topological polar surface area (TPSA) is 20.8 Å². The third-order valence-electron chi connectivity index (χ3n) is 4.88. The van der Waals surface area contributed by atoms with Crippen LogP contribution in [0.2, 0.25) is 0 Å². The molecule has 1 aliphatic rings. The number of rotatable bonds is 1. The summed E-state index contributed by atoms with van der Waals surface area (Å²) in [6.45, 7) is 8.88. The van der Waals surface area contributed by atoms with E-state index in [0.29, 0.717) is 0 Å². The molecule has 0 saturated heterocycles. The normalized spacial score (nSPS) is 16.4. The molecule has 3 nitrogen and oxygen atoms in total. The molecule has 0 aliphatic carbocycles. The van der Waals surface area contributed by atoms with Crippen molar-refractivity contribution < 1.29 is 0 Å². The number of fused-ring (bicyclic) bond motifs is 3. The van der Waals surface area contributed by atoms with Crippen molar-refractivity contribution in [3.8, 4) is 0 Å². The second kappa shape index (κ2) is 4.29. The van der Waals surface area contributed by atoms with Crippen LogP contribution in [-0.4, -0.2) is 15.3 Å². The maximum Gasteiger partial charge on any atom is 0.405 e. The Bertz CT molecular complexity index is 929. The van der Waals surface area contributed by atoms with Crippen LogP contribution in [0.25, 0.3) is 11.0 Å². The van der Waals surface area contributed by atoms with E-state index in [2.05, 4.69) is 79.3 Å². The summed E-state index contributed by atoms with van der Waals surface area (Å²) in [7, 11) is 0. The predicted octanol–water partition coefficient (Wildman–Crippen LogP) is 4.39. The van der Waals surface area contributed by atoms with Crippen LogP contribution in [0.3, 0.4) is 0 Å². The molecule has 4 rings (SSSR count). The van der Waals surface area contributed by atoms with E-state index in [4.69, 9.17) is 4.98 Å². The molecule has 3 aromatic rings. The number of aromatic nitrogens is 2. The van der Waals surface area contributed by atoms with Gasteiger partial charge in [0.05, 0.1) is 5.71 Å². The molecule has 0 bridgehead atoms. The first-order valence-electron chi connectivity index (χ1n) is 7.69. The number of imidazole rings is 1. The highest BCUT2D eigenvalue weighted by Gasteiger charge is 2.45. The predicted molar refractivity (Wildman–Crippen MR) is 92.4 cm³/mol. The molecule has 0 atom stereocenters. The third kappa shape index (κ3) is 1.56. The molecule has 3 heteroatoms. The van der Waals surface area contributed by atoms with Crippen LogP contribution >= 0.6 is 0 Å².